The quantitative estimate of drug-likeness (QED) is 0.749. The summed E-state index contributed by atoms with van der Waals surface area (Å²) in [4.78, 5) is 15.9. The third kappa shape index (κ3) is 3.29. The Kier molecular flexibility index (Phi) is 4.33. The monoisotopic (exact) mass is 370 g/mol. The SMILES string of the molecule is Cc1nnsc1C(=O)Nc1nc(C(F)(F)F)c(-c2ccccc2)s1. The van der Waals surface area contributed by atoms with Crippen LogP contribution in [-0.4, -0.2) is 20.5 Å². The fraction of sp³-hybridized carbons (Fsp3) is 0.143. The molecule has 3 aromatic rings. The minimum atomic E-state index is -4.62. The highest BCUT2D eigenvalue weighted by Gasteiger charge is 2.38. The highest BCUT2D eigenvalue weighted by Crippen LogP contribution is 2.41. The molecule has 0 radical (unpaired) electrons. The number of thiazole rings is 1. The Hall–Kier alpha value is -2.33. The number of carbonyl (C=O) groups is 1. The lowest BCUT2D eigenvalue weighted by Gasteiger charge is -2.05. The Bertz CT molecular complexity index is 874. The minimum Gasteiger partial charge on any atom is -0.297 e. The maximum Gasteiger partial charge on any atom is 0.434 e. The van der Waals surface area contributed by atoms with Gasteiger partial charge in [-0.05, 0) is 24.0 Å². The average molecular weight is 370 g/mol. The molecule has 0 bridgehead atoms. The van der Waals surface area contributed by atoms with E-state index < -0.39 is 17.8 Å². The maximum absolute atomic E-state index is 13.2. The average Bonchev–Trinajstić information content (AvgIpc) is 3.14. The van der Waals surface area contributed by atoms with Crippen molar-refractivity contribution in [1.29, 1.82) is 0 Å². The van der Waals surface area contributed by atoms with Gasteiger partial charge in [-0.15, -0.1) is 5.10 Å². The molecule has 124 valence electrons. The minimum absolute atomic E-state index is 0.0439. The van der Waals surface area contributed by atoms with Crippen molar-refractivity contribution in [3.8, 4) is 10.4 Å². The smallest absolute Gasteiger partial charge is 0.297 e. The summed E-state index contributed by atoms with van der Waals surface area (Å²) in [5, 5.41) is 5.96. The van der Waals surface area contributed by atoms with Gasteiger partial charge in [0.1, 0.15) is 4.88 Å². The first-order valence-electron chi connectivity index (χ1n) is 6.60. The first kappa shape index (κ1) is 16.5. The van der Waals surface area contributed by atoms with Crippen LogP contribution in [0.3, 0.4) is 0 Å². The number of amides is 1. The molecular formula is C14H9F3N4OS2. The van der Waals surface area contributed by atoms with Crippen molar-refractivity contribution < 1.29 is 18.0 Å². The number of aromatic nitrogens is 3. The molecule has 0 fully saturated rings. The van der Waals surface area contributed by atoms with Crippen LogP contribution in [0.2, 0.25) is 0 Å². The van der Waals surface area contributed by atoms with E-state index in [0.717, 1.165) is 22.9 Å². The van der Waals surface area contributed by atoms with Crippen LogP contribution in [0.4, 0.5) is 18.3 Å². The molecule has 0 aliphatic heterocycles. The van der Waals surface area contributed by atoms with E-state index in [9.17, 15) is 18.0 Å². The summed E-state index contributed by atoms with van der Waals surface area (Å²) < 4.78 is 43.3. The molecule has 2 heterocycles. The van der Waals surface area contributed by atoms with Crippen molar-refractivity contribution in [2.45, 2.75) is 13.1 Å². The van der Waals surface area contributed by atoms with Gasteiger partial charge in [0, 0.05) is 0 Å². The molecule has 0 unspecified atom stereocenters. The Balaban J connectivity index is 1.97. The lowest BCUT2D eigenvalue weighted by molar-refractivity contribution is -0.140. The second-order valence-corrected chi connectivity index (χ2v) is 6.46. The van der Waals surface area contributed by atoms with Gasteiger partial charge in [0.25, 0.3) is 5.91 Å². The number of anilines is 1. The molecule has 0 atom stereocenters. The van der Waals surface area contributed by atoms with E-state index in [1.54, 1.807) is 37.3 Å². The Labute approximate surface area is 142 Å². The number of aryl methyl sites for hydroxylation is 1. The van der Waals surface area contributed by atoms with E-state index in [2.05, 4.69) is 19.9 Å². The zero-order chi connectivity index (χ0) is 17.3. The fourth-order valence-electron chi connectivity index (χ4n) is 1.94. The molecule has 1 amide bonds. The summed E-state index contributed by atoms with van der Waals surface area (Å²) in [6.45, 7) is 1.59. The van der Waals surface area contributed by atoms with Gasteiger partial charge >= 0.3 is 6.18 Å². The number of rotatable bonds is 3. The number of hydrogen-bond acceptors (Lipinski definition) is 6. The Morgan fingerprint density at radius 3 is 2.50 bits per heavy atom. The topological polar surface area (TPSA) is 67.8 Å². The van der Waals surface area contributed by atoms with Crippen molar-refractivity contribution in [2.24, 2.45) is 0 Å². The molecule has 0 saturated heterocycles. The van der Waals surface area contributed by atoms with Crippen LogP contribution in [0.15, 0.2) is 30.3 Å². The number of alkyl halides is 3. The molecule has 1 N–H and O–H groups in total. The summed E-state index contributed by atoms with van der Waals surface area (Å²) in [7, 11) is 0. The molecule has 0 aliphatic carbocycles. The van der Waals surface area contributed by atoms with Crippen molar-refractivity contribution in [2.75, 3.05) is 5.32 Å². The normalized spacial score (nSPS) is 11.5. The second kappa shape index (κ2) is 6.29. The summed E-state index contributed by atoms with van der Waals surface area (Å²) in [6, 6.07) is 8.11. The summed E-state index contributed by atoms with van der Waals surface area (Å²) >= 11 is 1.64. The molecule has 2 aromatic heterocycles. The highest BCUT2D eigenvalue weighted by molar-refractivity contribution is 7.19. The van der Waals surface area contributed by atoms with Crippen LogP contribution >= 0.6 is 22.9 Å². The first-order valence-corrected chi connectivity index (χ1v) is 8.19. The largest absolute Gasteiger partial charge is 0.434 e. The van der Waals surface area contributed by atoms with Crippen LogP contribution in [-0.2, 0) is 6.18 Å². The van der Waals surface area contributed by atoms with Crippen LogP contribution in [0.5, 0.6) is 0 Å². The van der Waals surface area contributed by atoms with Gasteiger partial charge < -0.3 is 0 Å². The molecule has 0 spiro atoms. The molecule has 1 aromatic carbocycles. The highest BCUT2D eigenvalue weighted by atomic mass is 32.1. The Morgan fingerprint density at radius 2 is 1.92 bits per heavy atom. The van der Waals surface area contributed by atoms with Crippen LogP contribution in [0.1, 0.15) is 21.1 Å². The van der Waals surface area contributed by atoms with E-state index in [1.165, 1.54) is 0 Å². The maximum atomic E-state index is 13.2. The van der Waals surface area contributed by atoms with Crippen LogP contribution in [0, 0.1) is 6.92 Å². The van der Waals surface area contributed by atoms with E-state index in [4.69, 9.17) is 0 Å². The van der Waals surface area contributed by atoms with E-state index >= 15 is 0 Å². The van der Waals surface area contributed by atoms with E-state index in [0.29, 0.717) is 11.3 Å². The predicted octanol–water partition coefficient (Wildman–Crippen LogP) is 4.24. The van der Waals surface area contributed by atoms with Gasteiger partial charge in [0.2, 0.25) is 0 Å². The van der Waals surface area contributed by atoms with Gasteiger partial charge in [0.15, 0.2) is 10.8 Å². The number of benzene rings is 1. The number of halogens is 3. The third-order valence-corrected chi connectivity index (χ3v) is 4.86. The predicted molar refractivity (Wildman–Crippen MR) is 85.2 cm³/mol. The molecular weight excluding hydrogens is 361 g/mol. The van der Waals surface area contributed by atoms with Crippen LogP contribution < -0.4 is 5.32 Å². The molecule has 5 nitrogen and oxygen atoms in total. The lowest BCUT2D eigenvalue weighted by atomic mass is 10.1. The molecule has 0 saturated carbocycles. The molecule has 0 aliphatic rings. The summed E-state index contributed by atoms with van der Waals surface area (Å²) in [5.74, 6) is -0.579. The van der Waals surface area contributed by atoms with Crippen molar-refractivity contribution in [3.63, 3.8) is 0 Å². The Morgan fingerprint density at radius 1 is 1.21 bits per heavy atom. The van der Waals surface area contributed by atoms with Gasteiger partial charge in [0.05, 0.1) is 10.6 Å². The zero-order valence-electron chi connectivity index (χ0n) is 12.1. The van der Waals surface area contributed by atoms with E-state index in [-0.39, 0.29) is 14.9 Å². The summed E-state index contributed by atoms with van der Waals surface area (Å²) in [5.41, 5.74) is -0.222. The van der Waals surface area contributed by atoms with Gasteiger partial charge in [-0.1, -0.05) is 46.2 Å². The third-order valence-electron chi connectivity index (χ3n) is 3.01. The number of hydrogen-bond donors (Lipinski definition) is 1. The number of nitrogens with one attached hydrogen (secondary N) is 1. The fourth-order valence-corrected chi connectivity index (χ4v) is 3.48. The first-order chi connectivity index (χ1) is 11.4. The van der Waals surface area contributed by atoms with Crippen molar-refractivity contribution in [1.82, 2.24) is 14.6 Å². The zero-order valence-corrected chi connectivity index (χ0v) is 13.7. The number of nitrogens with zero attached hydrogens (tertiary/aromatic N) is 3. The molecule has 10 heteroatoms. The second-order valence-electron chi connectivity index (χ2n) is 4.70. The standard InChI is InChI=1S/C14H9F3N4OS2/c1-7-9(24-21-20-7)12(22)19-13-18-11(14(15,16)17)10(23-13)8-5-3-2-4-6-8/h2-6H,1H3,(H,18,19,22). The van der Waals surface area contributed by atoms with E-state index in [1.807, 2.05) is 0 Å². The van der Waals surface area contributed by atoms with Crippen molar-refractivity contribution >= 4 is 33.9 Å². The number of carbonyl (C=O) groups excluding carboxylic acids is 1. The van der Waals surface area contributed by atoms with Crippen LogP contribution in [0.25, 0.3) is 10.4 Å². The molecule has 3 rings (SSSR count). The lowest BCUT2D eigenvalue weighted by Crippen LogP contribution is -2.12. The van der Waals surface area contributed by atoms with Gasteiger partial charge in [-0.3, -0.25) is 10.1 Å². The van der Waals surface area contributed by atoms with Gasteiger partial charge in [-0.2, -0.15) is 13.2 Å². The molecule has 24 heavy (non-hydrogen) atoms. The summed E-state index contributed by atoms with van der Waals surface area (Å²) in [6.07, 6.45) is -4.62. The van der Waals surface area contributed by atoms with Crippen molar-refractivity contribution in [3.05, 3.63) is 46.6 Å². The van der Waals surface area contributed by atoms with Gasteiger partial charge in [-0.25, -0.2) is 4.98 Å².